The lowest BCUT2D eigenvalue weighted by atomic mass is 10.1. The minimum atomic E-state index is -0.0347. The van der Waals surface area contributed by atoms with Crippen molar-refractivity contribution in [3.8, 4) is 0 Å². The molecule has 1 saturated heterocycles. The lowest BCUT2D eigenvalue weighted by Crippen LogP contribution is -2.40. The van der Waals surface area contributed by atoms with Crippen LogP contribution in [0.2, 0.25) is 0 Å². The first kappa shape index (κ1) is 19.4. The van der Waals surface area contributed by atoms with Crippen LogP contribution < -0.4 is 10.6 Å². The van der Waals surface area contributed by atoms with E-state index in [0.29, 0.717) is 13.1 Å². The molecule has 2 heterocycles. The van der Waals surface area contributed by atoms with Crippen molar-refractivity contribution >= 4 is 30.7 Å². The number of hydrogen-bond donors (Lipinski definition) is 2. The molecule has 2 N–H and O–H groups in total. The quantitative estimate of drug-likeness (QED) is 0.851. The van der Waals surface area contributed by atoms with Gasteiger partial charge in [-0.3, -0.25) is 4.79 Å². The number of amides is 1. The average molecular weight is 358 g/mol. The number of aromatic nitrogens is 3. The molecule has 3 rings (SSSR count). The van der Waals surface area contributed by atoms with Gasteiger partial charge in [-0.05, 0) is 30.5 Å². The lowest BCUT2D eigenvalue weighted by molar-refractivity contribution is -0.122. The van der Waals surface area contributed by atoms with Gasteiger partial charge < -0.3 is 10.6 Å². The van der Waals surface area contributed by atoms with Gasteiger partial charge in [-0.2, -0.15) is 5.10 Å². The summed E-state index contributed by atoms with van der Waals surface area (Å²) in [6.07, 6.45) is 5.21. The number of nitrogens with one attached hydrogen (secondary N) is 2. The summed E-state index contributed by atoms with van der Waals surface area (Å²) in [5.74, 6) is 0.0862. The third kappa shape index (κ3) is 5.20. The summed E-state index contributed by atoms with van der Waals surface area (Å²) in [5.41, 5.74) is 2.25. The number of nitrogens with zero attached hydrogens (tertiary/aromatic N) is 3. The molecule has 8 heteroatoms. The van der Waals surface area contributed by atoms with Crippen molar-refractivity contribution in [3.63, 3.8) is 0 Å². The van der Waals surface area contributed by atoms with E-state index in [1.807, 2.05) is 18.2 Å². The first-order valence-corrected chi connectivity index (χ1v) is 7.23. The van der Waals surface area contributed by atoms with Crippen molar-refractivity contribution in [2.45, 2.75) is 32.0 Å². The van der Waals surface area contributed by atoms with Gasteiger partial charge >= 0.3 is 0 Å². The van der Waals surface area contributed by atoms with Crippen LogP contribution in [-0.4, -0.2) is 33.3 Å². The fraction of sp³-hybridized carbons (Fsp3) is 0.400. The second-order valence-electron chi connectivity index (χ2n) is 5.23. The van der Waals surface area contributed by atoms with E-state index >= 15 is 0 Å². The maximum Gasteiger partial charge on any atom is 0.237 e. The van der Waals surface area contributed by atoms with Crippen molar-refractivity contribution < 1.29 is 4.79 Å². The van der Waals surface area contributed by atoms with Gasteiger partial charge in [-0.15, -0.1) is 24.8 Å². The van der Waals surface area contributed by atoms with Gasteiger partial charge in [0.1, 0.15) is 12.7 Å². The Morgan fingerprint density at radius 2 is 2.09 bits per heavy atom. The monoisotopic (exact) mass is 357 g/mol. The van der Waals surface area contributed by atoms with Crippen LogP contribution in [0, 0.1) is 0 Å². The van der Waals surface area contributed by atoms with Gasteiger partial charge in [0.05, 0.1) is 12.6 Å². The molecule has 23 heavy (non-hydrogen) atoms. The first-order valence-electron chi connectivity index (χ1n) is 7.23. The zero-order valence-electron chi connectivity index (χ0n) is 12.6. The molecule has 1 aliphatic heterocycles. The van der Waals surface area contributed by atoms with E-state index in [4.69, 9.17) is 0 Å². The van der Waals surface area contributed by atoms with E-state index in [2.05, 4.69) is 26.8 Å². The van der Waals surface area contributed by atoms with E-state index in [1.165, 1.54) is 6.33 Å². The van der Waals surface area contributed by atoms with Gasteiger partial charge in [0.2, 0.25) is 5.91 Å². The number of carbonyl (C=O) groups is 1. The van der Waals surface area contributed by atoms with Gasteiger partial charge in [0.15, 0.2) is 0 Å². The lowest BCUT2D eigenvalue weighted by Gasteiger charge is -2.13. The summed E-state index contributed by atoms with van der Waals surface area (Å²) in [6, 6.07) is 8.04. The zero-order valence-corrected chi connectivity index (χ0v) is 14.3. The molecule has 1 amide bonds. The van der Waals surface area contributed by atoms with E-state index < -0.39 is 0 Å². The Labute approximate surface area is 147 Å². The van der Waals surface area contributed by atoms with Gasteiger partial charge in [0, 0.05) is 6.54 Å². The molecule has 1 aliphatic rings. The standard InChI is InChI=1S/C15H19N5O.2ClH/c21-15(14-6-3-7-17-14)18-8-12-4-1-2-5-13(12)9-20-11-16-10-19-20;;/h1-2,4-5,10-11,14,17H,3,6-9H2,(H,18,21);2*1H/t14-;;/m0../s1. The Bertz CT molecular complexity index is 600. The molecule has 1 fully saturated rings. The second kappa shape index (κ2) is 9.50. The number of carbonyl (C=O) groups excluding carboxylic acids is 1. The highest BCUT2D eigenvalue weighted by Crippen LogP contribution is 2.11. The first-order chi connectivity index (χ1) is 10.3. The second-order valence-corrected chi connectivity index (χ2v) is 5.23. The summed E-state index contributed by atoms with van der Waals surface area (Å²) in [5, 5.41) is 10.3. The summed E-state index contributed by atoms with van der Waals surface area (Å²) >= 11 is 0. The molecule has 0 bridgehead atoms. The molecule has 0 unspecified atom stereocenters. The van der Waals surface area contributed by atoms with Crippen molar-refractivity contribution in [2.75, 3.05) is 6.54 Å². The van der Waals surface area contributed by atoms with Crippen LogP contribution in [0.4, 0.5) is 0 Å². The smallest absolute Gasteiger partial charge is 0.237 e. The summed E-state index contributed by atoms with van der Waals surface area (Å²) < 4.78 is 1.78. The van der Waals surface area contributed by atoms with Crippen LogP contribution in [-0.2, 0) is 17.9 Å². The van der Waals surface area contributed by atoms with Crippen molar-refractivity contribution in [3.05, 3.63) is 48.0 Å². The molecule has 0 aliphatic carbocycles. The van der Waals surface area contributed by atoms with E-state index in [0.717, 1.165) is 30.5 Å². The van der Waals surface area contributed by atoms with Gasteiger partial charge in [-0.1, -0.05) is 24.3 Å². The Morgan fingerprint density at radius 3 is 2.74 bits per heavy atom. The van der Waals surface area contributed by atoms with Crippen molar-refractivity contribution in [1.82, 2.24) is 25.4 Å². The summed E-state index contributed by atoms with van der Waals surface area (Å²) in [7, 11) is 0. The molecule has 2 aromatic rings. The molecule has 126 valence electrons. The van der Waals surface area contributed by atoms with Crippen molar-refractivity contribution in [1.29, 1.82) is 0 Å². The third-order valence-corrected chi connectivity index (χ3v) is 3.75. The topological polar surface area (TPSA) is 71.8 Å². The molecular weight excluding hydrogens is 337 g/mol. The van der Waals surface area contributed by atoms with Crippen LogP contribution >= 0.6 is 24.8 Å². The summed E-state index contributed by atoms with van der Waals surface area (Å²) in [6.45, 7) is 2.14. The third-order valence-electron chi connectivity index (χ3n) is 3.75. The SMILES string of the molecule is Cl.Cl.O=C(NCc1ccccc1Cn1cncn1)[C@@H]1CCCN1. The van der Waals surface area contributed by atoms with E-state index in [-0.39, 0.29) is 36.8 Å². The Morgan fingerprint density at radius 1 is 1.30 bits per heavy atom. The van der Waals surface area contributed by atoms with Crippen LogP contribution in [0.15, 0.2) is 36.9 Å². The average Bonchev–Trinajstić information content (AvgIpc) is 3.19. The molecule has 1 aromatic heterocycles. The maximum atomic E-state index is 12.0. The summed E-state index contributed by atoms with van der Waals surface area (Å²) in [4.78, 5) is 16.0. The van der Waals surface area contributed by atoms with Crippen LogP contribution in [0.1, 0.15) is 24.0 Å². The zero-order chi connectivity index (χ0) is 14.5. The molecule has 6 nitrogen and oxygen atoms in total. The van der Waals surface area contributed by atoms with Gasteiger partial charge in [-0.25, -0.2) is 9.67 Å². The predicted octanol–water partition coefficient (Wildman–Crippen LogP) is 1.54. The highest BCUT2D eigenvalue weighted by atomic mass is 35.5. The fourth-order valence-corrected chi connectivity index (χ4v) is 2.59. The normalized spacial score (nSPS) is 16.3. The van der Waals surface area contributed by atoms with Crippen LogP contribution in [0.5, 0.6) is 0 Å². The predicted molar refractivity (Wildman–Crippen MR) is 92.9 cm³/mol. The minimum absolute atomic E-state index is 0. The van der Waals surface area contributed by atoms with Crippen LogP contribution in [0.25, 0.3) is 0 Å². The van der Waals surface area contributed by atoms with E-state index in [1.54, 1.807) is 11.0 Å². The molecular formula is C15H21Cl2N5O. The molecule has 1 aromatic carbocycles. The van der Waals surface area contributed by atoms with E-state index in [9.17, 15) is 4.79 Å². The number of halogens is 2. The molecule has 1 atom stereocenters. The van der Waals surface area contributed by atoms with Gasteiger partial charge in [0.25, 0.3) is 0 Å². The fourth-order valence-electron chi connectivity index (χ4n) is 2.59. The molecule has 0 spiro atoms. The van der Waals surface area contributed by atoms with Crippen LogP contribution in [0.3, 0.4) is 0 Å². The Balaban J connectivity index is 0.00000132. The largest absolute Gasteiger partial charge is 0.351 e. The maximum absolute atomic E-state index is 12.0. The number of rotatable bonds is 5. The number of hydrogen-bond acceptors (Lipinski definition) is 4. The highest BCUT2D eigenvalue weighted by Gasteiger charge is 2.21. The Hall–Kier alpha value is -1.63. The minimum Gasteiger partial charge on any atom is -0.351 e. The highest BCUT2D eigenvalue weighted by molar-refractivity contribution is 5.85. The van der Waals surface area contributed by atoms with Crippen molar-refractivity contribution in [2.24, 2.45) is 0 Å². The molecule has 0 saturated carbocycles. The Kier molecular flexibility index (Phi) is 8.02. The molecule has 0 radical (unpaired) electrons. The number of benzene rings is 1.